The van der Waals surface area contributed by atoms with Crippen LogP contribution in [0.3, 0.4) is 0 Å². The van der Waals surface area contributed by atoms with E-state index in [-0.39, 0.29) is 12.1 Å². The zero-order valence-corrected chi connectivity index (χ0v) is 26.9. The Kier molecular flexibility index (Phi) is 6.25. The van der Waals surface area contributed by atoms with Gasteiger partial charge in [-0.2, -0.15) is 0 Å². The average Bonchev–Trinajstić information content (AvgIpc) is 3.48. The van der Waals surface area contributed by atoms with Gasteiger partial charge in [-0.05, 0) is 77.0 Å². The van der Waals surface area contributed by atoms with E-state index in [4.69, 9.17) is 0 Å². The average molecular weight is 601 g/mol. The van der Waals surface area contributed by atoms with E-state index in [9.17, 15) is 0 Å². The Balaban J connectivity index is 1.34. The van der Waals surface area contributed by atoms with E-state index in [1.54, 1.807) is 5.56 Å². The first-order valence-electron chi connectivity index (χ1n) is 16.7. The van der Waals surface area contributed by atoms with Crippen LogP contribution in [-0.4, -0.2) is 13.3 Å². The highest BCUT2D eigenvalue weighted by Crippen LogP contribution is 2.52. The number of hydrogen-bond donors (Lipinski definition) is 0. The highest BCUT2D eigenvalue weighted by Gasteiger charge is 2.45. The Morgan fingerprint density at radius 2 is 1.36 bits per heavy atom. The number of benzene rings is 5. The molecular formula is C41H37BN2S. The molecule has 0 bridgehead atoms. The summed E-state index contributed by atoms with van der Waals surface area (Å²) < 4.78 is 1.32. The van der Waals surface area contributed by atoms with Crippen molar-refractivity contribution in [1.29, 1.82) is 0 Å². The Morgan fingerprint density at radius 1 is 0.667 bits per heavy atom. The van der Waals surface area contributed by atoms with Gasteiger partial charge in [-0.15, -0.1) is 11.3 Å². The molecule has 4 heteroatoms. The summed E-state index contributed by atoms with van der Waals surface area (Å²) >= 11 is 1.90. The number of nitrogens with zero attached hydrogens (tertiary/aromatic N) is 2. The highest BCUT2D eigenvalue weighted by molar-refractivity contribution is 7.23. The molecule has 3 aliphatic rings. The molecule has 0 spiro atoms. The SMILES string of the molecule is CCN1c2cccc3c2B(c2ccccc2N3c2c(-c3ccccc3)sc3ccccc23)c2cccc(C3(C)CCCCC3)c21. The van der Waals surface area contributed by atoms with Crippen molar-refractivity contribution >= 4 is 73.0 Å². The number of para-hydroxylation sites is 2. The standard InChI is InChI=1S/C41H37BN2S/c1-3-43-34-23-15-24-35-37(34)42(32-21-14-19-30(39(32)43)41(2)26-12-5-13-27-41)31-20-9-10-22-33(31)44(35)38-29-18-8-11-25-36(29)45-40(38)28-16-6-4-7-17-28/h4,6-11,14-25H,3,5,12-13,26-27H2,1-2H3. The van der Waals surface area contributed by atoms with Crippen molar-refractivity contribution in [2.75, 3.05) is 16.3 Å². The third-order valence-corrected chi connectivity index (χ3v) is 12.0. The fraction of sp³-hybridized carbons (Fsp3) is 0.220. The molecule has 0 atom stereocenters. The zero-order chi connectivity index (χ0) is 30.1. The van der Waals surface area contributed by atoms with Crippen molar-refractivity contribution in [3.8, 4) is 10.4 Å². The smallest absolute Gasteiger partial charge is 0.252 e. The first-order chi connectivity index (χ1) is 22.2. The van der Waals surface area contributed by atoms with Gasteiger partial charge in [0.25, 0.3) is 6.71 Å². The van der Waals surface area contributed by atoms with Crippen LogP contribution in [0.2, 0.25) is 0 Å². The summed E-state index contributed by atoms with van der Waals surface area (Å²) in [5.74, 6) is 0. The molecule has 1 aromatic heterocycles. The summed E-state index contributed by atoms with van der Waals surface area (Å²) in [5, 5.41) is 1.31. The minimum absolute atomic E-state index is 0.193. The van der Waals surface area contributed by atoms with Crippen LogP contribution in [0.5, 0.6) is 0 Å². The van der Waals surface area contributed by atoms with E-state index < -0.39 is 0 Å². The van der Waals surface area contributed by atoms with Crippen LogP contribution in [0.4, 0.5) is 28.4 Å². The summed E-state index contributed by atoms with van der Waals surface area (Å²) in [4.78, 5) is 6.56. The number of anilines is 5. The van der Waals surface area contributed by atoms with Gasteiger partial charge in [-0.1, -0.05) is 117 Å². The summed E-state index contributed by atoms with van der Waals surface area (Å²) in [6.45, 7) is 6.00. The largest absolute Gasteiger partial charge is 0.342 e. The summed E-state index contributed by atoms with van der Waals surface area (Å²) in [5.41, 5.74) is 14.0. The number of fused-ring (bicyclic) bond motifs is 5. The first-order valence-corrected chi connectivity index (χ1v) is 17.5. The third kappa shape index (κ3) is 3.94. The normalized spacial score (nSPS) is 16.4. The molecule has 9 rings (SSSR count). The van der Waals surface area contributed by atoms with E-state index in [0.717, 1.165) is 6.54 Å². The van der Waals surface area contributed by atoms with Crippen LogP contribution in [-0.2, 0) is 5.41 Å². The van der Waals surface area contributed by atoms with Crippen LogP contribution in [0, 0.1) is 0 Å². The van der Waals surface area contributed by atoms with E-state index in [2.05, 4.69) is 139 Å². The van der Waals surface area contributed by atoms with Gasteiger partial charge in [-0.25, -0.2) is 0 Å². The zero-order valence-electron chi connectivity index (χ0n) is 26.1. The van der Waals surface area contributed by atoms with E-state index in [0.29, 0.717) is 0 Å². The molecule has 2 aliphatic heterocycles. The molecule has 0 unspecified atom stereocenters. The lowest BCUT2D eigenvalue weighted by Gasteiger charge is -2.46. The molecule has 5 aromatic carbocycles. The molecule has 2 nitrogen and oxygen atoms in total. The predicted molar refractivity (Wildman–Crippen MR) is 196 cm³/mol. The maximum absolute atomic E-state index is 2.65. The summed E-state index contributed by atoms with van der Waals surface area (Å²) in [7, 11) is 0. The van der Waals surface area contributed by atoms with Gasteiger partial charge < -0.3 is 9.80 Å². The molecule has 1 fully saturated rings. The van der Waals surface area contributed by atoms with Gasteiger partial charge in [0.2, 0.25) is 0 Å². The fourth-order valence-corrected chi connectivity index (χ4v) is 9.92. The number of rotatable bonds is 4. The molecule has 0 N–H and O–H groups in total. The second-order valence-corrected chi connectivity index (χ2v) is 14.3. The molecule has 45 heavy (non-hydrogen) atoms. The van der Waals surface area contributed by atoms with Gasteiger partial charge in [0, 0.05) is 39.4 Å². The van der Waals surface area contributed by atoms with Crippen molar-refractivity contribution < 1.29 is 0 Å². The van der Waals surface area contributed by atoms with Crippen LogP contribution in [0.1, 0.15) is 51.5 Å². The maximum Gasteiger partial charge on any atom is 0.252 e. The third-order valence-electron chi connectivity index (χ3n) is 10.8. The molecule has 0 radical (unpaired) electrons. The Labute approximate surface area is 271 Å². The van der Waals surface area contributed by atoms with Gasteiger partial charge in [0.15, 0.2) is 0 Å². The summed E-state index contributed by atoms with van der Waals surface area (Å²) in [6.07, 6.45) is 6.56. The quantitative estimate of drug-likeness (QED) is 0.186. The van der Waals surface area contributed by atoms with Crippen LogP contribution < -0.4 is 26.2 Å². The number of thiophene rings is 1. The van der Waals surface area contributed by atoms with Crippen LogP contribution >= 0.6 is 11.3 Å². The lowest BCUT2D eigenvalue weighted by Crippen LogP contribution is -2.62. The second kappa shape index (κ2) is 10.4. The van der Waals surface area contributed by atoms with Crippen molar-refractivity contribution in [3.05, 3.63) is 121 Å². The van der Waals surface area contributed by atoms with Crippen molar-refractivity contribution in [1.82, 2.24) is 0 Å². The fourth-order valence-electron chi connectivity index (χ4n) is 8.72. The molecule has 220 valence electrons. The first kappa shape index (κ1) is 27.1. The van der Waals surface area contributed by atoms with Crippen LogP contribution in [0.25, 0.3) is 20.5 Å². The molecule has 1 saturated carbocycles. The topological polar surface area (TPSA) is 6.48 Å². The van der Waals surface area contributed by atoms with Gasteiger partial charge in [0.05, 0.1) is 10.6 Å². The van der Waals surface area contributed by atoms with Gasteiger partial charge >= 0.3 is 0 Å². The minimum Gasteiger partial charge on any atom is -0.342 e. The van der Waals surface area contributed by atoms with Gasteiger partial charge in [0.1, 0.15) is 0 Å². The summed E-state index contributed by atoms with van der Waals surface area (Å²) in [6, 6.07) is 43.4. The monoisotopic (exact) mass is 600 g/mol. The van der Waals surface area contributed by atoms with Crippen molar-refractivity contribution in [2.24, 2.45) is 0 Å². The van der Waals surface area contributed by atoms with Crippen molar-refractivity contribution in [2.45, 2.75) is 51.4 Å². The maximum atomic E-state index is 2.65. The van der Waals surface area contributed by atoms with E-state index in [1.807, 2.05) is 11.3 Å². The van der Waals surface area contributed by atoms with E-state index >= 15 is 0 Å². The lowest BCUT2D eigenvalue weighted by atomic mass is 9.33. The Hall–Kier alpha value is -4.28. The molecule has 0 saturated heterocycles. The number of hydrogen-bond acceptors (Lipinski definition) is 3. The lowest BCUT2D eigenvalue weighted by molar-refractivity contribution is 0.320. The highest BCUT2D eigenvalue weighted by atomic mass is 32.1. The van der Waals surface area contributed by atoms with E-state index in [1.165, 1.54) is 97.5 Å². The molecule has 6 aromatic rings. The minimum atomic E-state index is 0.193. The Bertz CT molecular complexity index is 2070. The van der Waals surface area contributed by atoms with Crippen LogP contribution in [0.15, 0.2) is 115 Å². The van der Waals surface area contributed by atoms with Crippen molar-refractivity contribution in [3.63, 3.8) is 0 Å². The second-order valence-electron chi connectivity index (χ2n) is 13.3. The Morgan fingerprint density at radius 3 is 2.20 bits per heavy atom. The molecule has 3 heterocycles. The van der Waals surface area contributed by atoms with Gasteiger partial charge in [-0.3, -0.25) is 0 Å². The molecular weight excluding hydrogens is 563 g/mol. The molecule has 1 aliphatic carbocycles. The molecule has 0 amide bonds. The predicted octanol–water partition coefficient (Wildman–Crippen LogP) is 9.56.